The van der Waals surface area contributed by atoms with Gasteiger partial charge in [0.2, 0.25) is 0 Å². The maximum atomic E-state index is 12.5. The van der Waals surface area contributed by atoms with Crippen molar-refractivity contribution in [1.82, 2.24) is 5.01 Å². The molecule has 1 atom stereocenters. The highest BCUT2D eigenvalue weighted by Crippen LogP contribution is 2.39. The smallest absolute Gasteiger partial charge is 0.276 e. The van der Waals surface area contributed by atoms with Crippen molar-refractivity contribution in [2.24, 2.45) is 10.5 Å². The topological polar surface area (TPSA) is 62.1 Å². The van der Waals surface area contributed by atoms with Crippen molar-refractivity contribution in [1.29, 1.82) is 0 Å². The zero-order valence-electron chi connectivity index (χ0n) is 12.3. The highest BCUT2D eigenvalue weighted by molar-refractivity contribution is 5.95. The van der Waals surface area contributed by atoms with Crippen LogP contribution in [0, 0.1) is 5.41 Å². The van der Waals surface area contributed by atoms with Gasteiger partial charge >= 0.3 is 0 Å². The van der Waals surface area contributed by atoms with Crippen LogP contribution in [0.1, 0.15) is 37.6 Å². The molecule has 20 heavy (non-hydrogen) atoms. The minimum absolute atomic E-state index is 0.321. The van der Waals surface area contributed by atoms with Crippen LogP contribution in [0.5, 0.6) is 5.75 Å². The molecular formula is C15H20N2O3. The first-order chi connectivity index (χ1) is 9.29. The summed E-state index contributed by atoms with van der Waals surface area (Å²) < 4.78 is 5.07. The van der Waals surface area contributed by atoms with E-state index in [4.69, 9.17) is 4.74 Å². The third-order valence-electron chi connectivity index (χ3n) is 3.65. The second kappa shape index (κ2) is 4.90. The van der Waals surface area contributed by atoms with E-state index in [1.54, 1.807) is 37.6 Å². The van der Waals surface area contributed by atoms with Gasteiger partial charge in [0.15, 0.2) is 5.72 Å². The number of amides is 1. The zero-order chi connectivity index (χ0) is 15.0. The van der Waals surface area contributed by atoms with Crippen LogP contribution >= 0.6 is 0 Å². The van der Waals surface area contributed by atoms with E-state index >= 15 is 0 Å². The fourth-order valence-electron chi connectivity index (χ4n) is 2.13. The van der Waals surface area contributed by atoms with Crippen LogP contribution in [0.3, 0.4) is 0 Å². The van der Waals surface area contributed by atoms with E-state index < -0.39 is 11.1 Å². The van der Waals surface area contributed by atoms with Gasteiger partial charge in [0.1, 0.15) is 5.75 Å². The van der Waals surface area contributed by atoms with Crippen molar-refractivity contribution in [2.75, 3.05) is 7.11 Å². The molecule has 0 saturated heterocycles. The van der Waals surface area contributed by atoms with Crippen molar-refractivity contribution >= 4 is 12.1 Å². The van der Waals surface area contributed by atoms with E-state index in [1.807, 2.05) is 20.8 Å². The van der Waals surface area contributed by atoms with Gasteiger partial charge in [0.25, 0.3) is 5.91 Å². The predicted octanol–water partition coefficient (Wildman–Crippen LogP) is 2.26. The monoisotopic (exact) mass is 276 g/mol. The highest BCUT2D eigenvalue weighted by atomic mass is 16.5. The van der Waals surface area contributed by atoms with Crippen molar-refractivity contribution < 1.29 is 14.6 Å². The number of hydrogen-bond acceptors (Lipinski definition) is 4. The Morgan fingerprint density at radius 1 is 1.35 bits per heavy atom. The summed E-state index contributed by atoms with van der Waals surface area (Å²) >= 11 is 0. The molecular weight excluding hydrogens is 256 g/mol. The Kier molecular flexibility index (Phi) is 3.56. The number of hydrogen-bond donors (Lipinski definition) is 1. The van der Waals surface area contributed by atoms with Gasteiger partial charge in [-0.1, -0.05) is 20.8 Å². The van der Waals surface area contributed by atoms with E-state index in [0.29, 0.717) is 17.7 Å². The average Bonchev–Trinajstić information content (AvgIpc) is 2.81. The van der Waals surface area contributed by atoms with Gasteiger partial charge in [-0.2, -0.15) is 10.1 Å². The molecule has 0 spiro atoms. The third kappa shape index (κ3) is 2.29. The Morgan fingerprint density at radius 3 is 2.45 bits per heavy atom. The number of rotatable bonds is 2. The largest absolute Gasteiger partial charge is 0.497 e. The minimum atomic E-state index is -1.30. The summed E-state index contributed by atoms with van der Waals surface area (Å²) in [5.74, 6) is 0.358. The van der Waals surface area contributed by atoms with Gasteiger partial charge in [-0.05, 0) is 24.3 Å². The average molecular weight is 276 g/mol. The van der Waals surface area contributed by atoms with Gasteiger partial charge in [0.05, 0.1) is 7.11 Å². The van der Waals surface area contributed by atoms with Gasteiger partial charge in [-0.3, -0.25) is 4.79 Å². The number of aliphatic hydroxyl groups is 1. The molecule has 108 valence electrons. The Hall–Kier alpha value is -1.88. The Labute approximate surface area is 118 Å². The molecule has 1 N–H and O–H groups in total. The molecule has 1 aromatic rings. The van der Waals surface area contributed by atoms with E-state index in [1.165, 1.54) is 5.01 Å². The number of carbonyl (C=O) groups excluding carboxylic acids is 1. The number of methoxy groups -OCH3 is 1. The zero-order valence-corrected chi connectivity index (χ0v) is 12.3. The van der Waals surface area contributed by atoms with Gasteiger partial charge in [-0.15, -0.1) is 0 Å². The summed E-state index contributed by atoms with van der Waals surface area (Å²) in [6.07, 6.45) is 1.91. The first-order valence-electron chi connectivity index (χ1n) is 6.53. The molecule has 0 fully saturated rings. The number of nitrogens with zero attached hydrogens (tertiary/aromatic N) is 2. The molecule has 0 radical (unpaired) electrons. The number of benzene rings is 1. The van der Waals surface area contributed by atoms with E-state index in [0.717, 1.165) is 0 Å². The second-order valence-corrected chi connectivity index (χ2v) is 5.91. The van der Waals surface area contributed by atoms with E-state index in [-0.39, 0.29) is 5.91 Å². The quantitative estimate of drug-likeness (QED) is 0.901. The lowest BCUT2D eigenvalue weighted by Crippen LogP contribution is -2.54. The molecule has 5 heteroatoms. The summed E-state index contributed by atoms with van der Waals surface area (Å²) in [5, 5.41) is 16.0. The lowest BCUT2D eigenvalue weighted by molar-refractivity contribution is -0.143. The fourth-order valence-corrected chi connectivity index (χ4v) is 2.13. The molecule has 2 rings (SSSR count). The summed E-state index contributed by atoms with van der Waals surface area (Å²) in [6.45, 7) is 5.65. The Balaban J connectivity index is 2.30. The first-order valence-corrected chi connectivity index (χ1v) is 6.53. The molecule has 0 saturated carbocycles. The van der Waals surface area contributed by atoms with Gasteiger partial charge in [0, 0.05) is 23.6 Å². The molecule has 0 unspecified atom stereocenters. The van der Waals surface area contributed by atoms with Crippen LogP contribution in [0.25, 0.3) is 0 Å². The van der Waals surface area contributed by atoms with Crippen LogP contribution in [0.4, 0.5) is 0 Å². The van der Waals surface area contributed by atoms with Crippen molar-refractivity contribution in [3.05, 3.63) is 29.8 Å². The maximum Gasteiger partial charge on any atom is 0.276 e. The molecule has 0 bridgehead atoms. The normalized spacial score (nSPS) is 22.1. The van der Waals surface area contributed by atoms with Gasteiger partial charge < -0.3 is 9.84 Å². The van der Waals surface area contributed by atoms with Crippen LogP contribution in [0.15, 0.2) is 29.4 Å². The van der Waals surface area contributed by atoms with Crippen molar-refractivity contribution in [3.8, 4) is 5.75 Å². The Morgan fingerprint density at radius 2 is 1.95 bits per heavy atom. The van der Waals surface area contributed by atoms with Crippen LogP contribution in [-0.2, 0) is 0 Å². The summed E-state index contributed by atoms with van der Waals surface area (Å²) in [4.78, 5) is 12.5. The second-order valence-electron chi connectivity index (χ2n) is 5.91. The molecule has 1 heterocycles. The van der Waals surface area contributed by atoms with Crippen LogP contribution in [-0.4, -0.2) is 35.1 Å². The molecule has 1 amide bonds. The van der Waals surface area contributed by atoms with Crippen LogP contribution in [0.2, 0.25) is 0 Å². The molecule has 1 aromatic carbocycles. The lowest BCUT2D eigenvalue weighted by atomic mass is 9.81. The molecule has 0 aromatic heterocycles. The standard InChI is InChI=1S/C15H20N2O3/c1-14(2,3)15(19)9-10-16-17(15)13(18)11-5-7-12(20-4)8-6-11/h5-8,10,19H,9H2,1-4H3/t15-/m0/s1. The van der Waals surface area contributed by atoms with E-state index in [9.17, 15) is 9.90 Å². The van der Waals surface area contributed by atoms with E-state index in [2.05, 4.69) is 5.10 Å². The molecule has 1 aliphatic rings. The number of carbonyl (C=O) groups is 1. The first kappa shape index (κ1) is 14.5. The summed E-state index contributed by atoms with van der Waals surface area (Å²) in [5.41, 5.74) is -1.33. The van der Waals surface area contributed by atoms with Crippen molar-refractivity contribution in [3.63, 3.8) is 0 Å². The molecule has 0 aliphatic carbocycles. The number of hydrazone groups is 1. The summed E-state index contributed by atoms with van der Waals surface area (Å²) in [6, 6.07) is 6.75. The lowest BCUT2D eigenvalue weighted by Gasteiger charge is -2.41. The number of ether oxygens (including phenoxy) is 1. The fraction of sp³-hybridized carbons (Fsp3) is 0.467. The maximum absolute atomic E-state index is 12.5. The van der Waals surface area contributed by atoms with Gasteiger partial charge in [-0.25, -0.2) is 0 Å². The third-order valence-corrected chi connectivity index (χ3v) is 3.65. The summed E-state index contributed by atoms with van der Waals surface area (Å²) in [7, 11) is 1.57. The molecule has 5 nitrogen and oxygen atoms in total. The van der Waals surface area contributed by atoms with Crippen molar-refractivity contribution in [2.45, 2.75) is 32.9 Å². The SMILES string of the molecule is COc1ccc(C(=O)N2N=CC[C@]2(O)C(C)(C)C)cc1. The molecule has 1 aliphatic heterocycles. The van der Waals surface area contributed by atoms with Crippen LogP contribution < -0.4 is 4.74 Å². The minimum Gasteiger partial charge on any atom is -0.497 e. The predicted molar refractivity (Wildman–Crippen MR) is 76.7 cm³/mol. The highest BCUT2D eigenvalue weighted by Gasteiger charge is 2.50. The Bertz CT molecular complexity index is 531.